The molecule has 0 amide bonds. The number of anilines is 1. The van der Waals surface area contributed by atoms with E-state index >= 15 is 0 Å². The molecular weight excluding hydrogens is 138 g/mol. The van der Waals surface area contributed by atoms with Crippen molar-refractivity contribution in [1.29, 1.82) is 0 Å². The lowest BCUT2D eigenvalue weighted by atomic mass is 10.1. The van der Waals surface area contributed by atoms with E-state index in [1.54, 1.807) is 6.20 Å². The topological polar surface area (TPSA) is 64.9 Å². The first-order valence-corrected chi connectivity index (χ1v) is 3.71. The van der Waals surface area contributed by atoms with Crippen LogP contribution in [0, 0.1) is 0 Å². The van der Waals surface area contributed by atoms with E-state index in [0.29, 0.717) is 5.69 Å². The predicted molar refractivity (Wildman–Crippen MR) is 45.9 cm³/mol. The van der Waals surface area contributed by atoms with E-state index < -0.39 is 0 Å². The molecule has 11 heavy (non-hydrogen) atoms. The lowest BCUT2D eigenvalue weighted by Gasteiger charge is -2.06. The van der Waals surface area contributed by atoms with Gasteiger partial charge in [0, 0.05) is 6.04 Å². The Morgan fingerprint density at radius 3 is 2.73 bits per heavy atom. The Morgan fingerprint density at radius 1 is 1.55 bits per heavy atom. The standard InChI is InChI=1S/C8H13N3/c1-2-7(10)8-4-3-6(9)5-11-8/h3-5,7H,2,9-10H2,1H3/t7-/m1/s1. The third-order valence-corrected chi connectivity index (χ3v) is 1.63. The molecule has 3 heteroatoms. The molecule has 0 bridgehead atoms. The van der Waals surface area contributed by atoms with Crippen LogP contribution in [-0.2, 0) is 0 Å². The van der Waals surface area contributed by atoms with Crippen LogP contribution in [0.5, 0.6) is 0 Å². The highest BCUT2D eigenvalue weighted by atomic mass is 14.8. The molecule has 60 valence electrons. The average molecular weight is 151 g/mol. The number of nitrogen functional groups attached to an aromatic ring is 1. The molecule has 1 heterocycles. The van der Waals surface area contributed by atoms with E-state index in [4.69, 9.17) is 11.5 Å². The number of pyridine rings is 1. The van der Waals surface area contributed by atoms with Crippen molar-refractivity contribution in [2.45, 2.75) is 19.4 Å². The second-order valence-corrected chi connectivity index (χ2v) is 2.53. The maximum absolute atomic E-state index is 5.74. The molecule has 0 spiro atoms. The van der Waals surface area contributed by atoms with Crippen LogP contribution in [0.25, 0.3) is 0 Å². The summed E-state index contributed by atoms with van der Waals surface area (Å²) in [4.78, 5) is 4.10. The minimum Gasteiger partial charge on any atom is -0.397 e. The highest BCUT2D eigenvalue weighted by Gasteiger charge is 2.02. The monoisotopic (exact) mass is 151 g/mol. The predicted octanol–water partition coefficient (Wildman–Crippen LogP) is 1.07. The van der Waals surface area contributed by atoms with Crippen molar-refractivity contribution in [2.75, 3.05) is 5.73 Å². The van der Waals surface area contributed by atoms with Gasteiger partial charge in [-0.25, -0.2) is 0 Å². The minimum absolute atomic E-state index is 0.0376. The van der Waals surface area contributed by atoms with Crippen molar-refractivity contribution in [2.24, 2.45) is 5.73 Å². The second-order valence-electron chi connectivity index (χ2n) is 2.53. The van der Waals surface area contributed by atoms with E-state index in [-0.39, 0.29) is 6.04 Å². The quantitative estimate of drug-likeness (QED) is 0.664. The van der Waals surface area contributed by atoms with Crippen LogP contribution in [0.3, 0.4) is 0 Å². The fraction of sp³-hybridized carbons (Fsp3) is 0.375. The van der Waals surface area contributed by atoms with Crippen LogP contribution in [0.15, 0.2) is 18.3 Å². The molecule has 1 aromatic heterocycles. The molecule has 4 N–H and O–H groups in total. The van der Waals surface area contributed by atoms with Crippen LogP contribution in [0.1, 0.15) is 25.1 Å². The Balaban J connectivity index is 2.81. The molecule has 0 aliphatic heterocycles. The summed E-state index contributed by atoms with van der Waals surface area (Å²) in [5.74, 6) is 0. The maximum atomic E-state index is 5.74. The number of hydrogen-bond donors (Lipinski definition) is 2. The largest absolute Gasteiger partial charge is 0.397 e. The number of rotatable bonds is 2. The molecule has 0 aliphatic rings. The van der Waals surface area contributed by atoms with Crippen molar-refractivity contribution in [1.82, 2.24) is 4.98 Å². The van der Waals surface area contributed by atoms with Gasteiger partial charge in [-0.3, -0.25) is 4.98 Å². The fourth-order valence-corrected chi connectivity index (χ4v) is 0.845. The summed E-state index contributed by atoms with van der Waals surface area (Å²) in [7, 11) is 0. The molecule has 0 saturated carbocycles. The lowest BCUT2D eigenvalue weighted by Crippen LogP contribution is -2.10. The van der Waals surface area contributed by atoms with Gasteiger partial charge in [-0.15, -0.1) is 0 Å². The number of aromatic nitrogens is 1. The van der Waals surface area contributed by atoms with Gasteiger partial charge in [0.1, 0.15) is 0 Å². The fourth-order valence-electron chi connectivity index (χ4n) is 0.845. The van der Waals surface area contributed by atoms with Crippen molar-refractivity contribution < 1.29 is 0 Å². The molecule has 0 radical (unpaired) electrons. The first kappa shape index (κ1) is 8.01. The third-order valence-electron chi connectivity index (χ3n) is 1.63. The van der Waals surface area contributed by atoms with Gasteiger partial charge in [0.15, 0.2) is 0 Å². The summed E-state index contributed by atoms with van der Waals surface area (Å²) >= 11 is 0. The van der Waals surface area contributed by atoms with Gasteiger partial charge in [-0.1, -0.05) is 6.92 Å². The Kier molecular flexibility index (Phi) is 2.44. The van der Waals surface area contributed by atoms with Crippen LogP contribution in [-0.4, -0.2) is 4.98 Å². The normalized spacial score (nSPS) is 12.9. The van der Waals surface area contributed by atoms with E-state index in [1.165, 1.54) is 0 Å². The van der Waals surface area contributed by atoms with Crippen LogP contribution in [0.2, 0.25) is 0 Å². The molecule has 0 fully saturated rings. The summed E-state index contributed by atoms with van der Waals surface area (Å²) < 4.78 is 0. The number of nitrogens with zero attached hydrogens (tertiary/aromatic N) is 1. The minimum atomic E-state index is 0.0376. The molecule has 0 unspecified atom stereocenters. The highest BCUT2D eigenvalue weighted by molar-refractivity contribution is 5.34. The Bertz CT molecular complexity index is 217. The first-order chi connectivity index (χ1) is 5.24. The molecular formula is C8H13N3. The van der Waals surface area contributed by atoms with Crippen LogP contribution < -0.4 is 11.5 Å². The molecule has 1 atom stereocenters. The van der Waals surface area contributed by atoms with Gasteiger partial charge >= 0.3 is 0 Å². The van der Waals surface area contributed by atoms with Gasteiger partial charge in [-0.2, -0.15) is 0 Å². The third kappa shape index (κ3) is 1.91. The van der Waals surface area contributed by atoms with Crippen molar-refractivity contribution in [3.8, 4) is 0 Å². The van der Waals surface area contributed by atoms with Crippen LogP contribution in [0.4, 0.5) is 5.69 Å². The van der Waals surface area contributed by atoms with E-state index in [1.807, 2.05) is 19.1 Å². The number of hydrogen-bond acceptors (Lipinski definition) is 3. The lowest BCUT2D eigenvalue weighted by molar-refractivity contribution is 0.676. The van der Waals surface area contributed by atoms with Crippen molar-refractivity contribution in [3.05, 3.63) is 24.0 Å². The average Bonchev–Trinajstić information content (AvgIpc) is 2.05. The Hall–Kier alpha value is -1.09. The zero-order valence-electron chi connectivity index (χ0n) is 6.62. The summed E-state index contributed by atoms with van der Waals surface area (Å²) in [5.41, 5.74) is 12.8. The molecule has 3 nitrogen and oxygen atoms in total. The zero-order valence-corrected chi connectivity index (χ0v) is 6.62. The van der Waals surface area contributed by atoms with Gasteiger partial charge in [0.05, 0.1) is 17.6 Å². The SMILES string of the molecule is CC[C@@H](N)c1ccc(N)cn1. The molecule has 1 aromatic rings. The van der Waals surface area contributed by atoms with Crippen molar-refractivity contribution >= 4 is 5.69 Å². The molecule has 0 aromatic carbocycles. The van der Waals surface area contributed by atoms with E-state index in [0.717, 1.165) is 12.1 Å². The zero-order chi connectivity index (χ0) is 8.27. The Labute approximate surface area is 66.4 Å². The Morgan fingerprint density at radius 2 is 2.27 bits per heavy atom. The number of nitrogens with two attached hydrogens (primary N) is 2. The van der Waals surface area contributed by atoms with Crippen molar-refractivity contribution in [3.63, 3.8) is 0 Å². The van der Waals surface area contributed by atoms with E-state index in [2.05, 4.69) is 4.98 Å². The van der Waals surface area contributed by atoms with E-state index in [9.17, 15) is 0 Å². The highest BCUT2D eigenvalue weighted by Crippen LogP contribution is 2.11. The summed E-state index contributed by atoms with van der Waals surface area (Å²) in [6.45, 7) is 2.03. The first-order valence-electron chi connectivity index (χ1n) is 3.71. The maximum Gasteiger partial charge on any atom is 0.0572 e. The summed E-state index contributed by atoms with van der Waals surface area (Å²) in [6.07, 6.45) is 2.53. The second kappa shape index (κ2) is 3.34. The van der Waals surface area contributed by atoms with Gasteiger partial charge in [0.2, 0.25) is 0 Å². The van der Waals surface area contributed by atoms with Crippen LogP contribution >= 0.6 is 0 Å². The molecule has 1 rings (SSSR count). The molecule has 0 saturated heterocycles. The van der Waals surface area contributed by atoms with Gasteiger partial charge in [0.25, 0.3) is 0 Å². The van der Waals surface area contributed by atoms with Gasteiger partial charge < -0.3 is 11.5 Å². The van der Waals surface area contributed by atoms with Gasteiger partial charge in [-0.05, 0) is 18.6 Å². The molecule has 0 aliphatic carbocycles. The summed E-state index contributed by atoms with van der Waals surface area (Å²) in [5, 5.41) is 0. The smallest absolute Gasteiger partial charge is 0.0572 e. The summed E-state index contributed by atoms with van der Waals surface area (Å²) in [6, 6.07) is 3.72.